The predicted molar refractivity (Wildman–Crippen MR) is 98.1 cm³/mol. The van der Waals surface area contributed by atoms with Crippen LogP contribution in [0.4, 0.5) is 5.69 Å². The summed E-state index contributed by atoms with van der Waals surface area (Å²) in [5.41, 5.74) is 3.21. The first kappa shape index (κ1) is 16.1. The lowest BCUT2D eigenvalue weighted by Gasteiger charge is -2.19. The number of nitrogens with zero attached hydrogens (tertiary/aromatic N) is 1. The van der Waals surface area contributed by atoms with Crippen molar-refractivity contribution < 1.29 is 4.79 Å². The quantitative estimate of drug-likeness (QED) is 0.704. The van der Waals surface area contributed by atoms with E-state index in [1.165, 1.54) is 5.56 Å². The molecule has 0 saturated carbocycles. The lowest BCUT2D eigenvalue weighted by Crippen LogP contribution is -2.19. The third-order valence-electron chi connectivity index (χ3n) is 4.17. The fourth-order valence-corrected chi connectivity index (χ4v) is 2.88. The molecule has 1 aromatic heterocycles. The summed E-state index contributed by atoms with van der Waals surface area (Å²) in [4.78, 5) is 12.6. The van der Waals surface area contributed by atoms with Crippen molar-refractivity contribution in [3.8, 4) is 0 Å². The van der Waals surface area contributed by atoms with E-state index in [0.717, 1.165) is 17.7 Å². The summed E-state index contributed by atoms with van der Waals surface area (Å²) in [5.74, 6) is 0.0193. The van der Waals surface area contributed by atoms with Gasteiger partial charge in [-0.25, -0.2) is 0 Å². The largest absolute Gasteiger partial charge is 0.346 e. The molecule has 1 amide bonds. The summed E-state index contributed by atoms with van der Waals surface area (Å²) in [7, 11) is 0. The van der Waals surface area contributed by atoms with Crippen molar-refractivity contribution in [3.05, 3.63) is 90.3 Å². The lowest BCUT2D eigenvalue weighted by molar-refractivity contribution is -0.116. The van der Waals surface area contributed by atoms with Crippen LogP contribution in [0.2, 0.25) is 0 Å². The van der Waals surface area contributed by atoms with Crippen molar-refractivity contribution in [2.24, 2.45) is 0 Å². The van der Waals surface area contributed by atoms with Crippen molar-refractivity contribution >= 4 is 11.6 Å². The number of aromatic nitrogens is 1. The number of amides is 1. The van der Waals surface area contributed by atoms with E-state index in [0.29, 0.717) is 6.42 Å². The van der Waals surface area contributed by atoms with Crippen LogP contribution >= 0.6 is 0 Å². The SMILES string of the molecule is CCc1cccc(NC(=O)C[C@@H](c2ccccc2)n2cccc2)c1. The molecule has 0 spiro atoms. The van der Waals surface area contributed by atoms with E-state index in [1.54, 1.807) is 0 Å². The topological polar surface area (TPSA) is 34.0 Å². The van der Waals surface area contributed by atoms with Gasteiger partial charge in [0.2, 0.25) is 5.91 Å². The zero-order chi connectivity index (χ0) is 16.8. The molecule has 0 fully saturated rings. The summed E-state index contributed by atoms with van der Waals surface area (Å²) in [6, 6.07) is 22.1. The molecule has 0 bridgehead atoms. The van der Waals surface area contributed by atoms with Crippen LogP contribution in [-0.4, -0.2) is 10.5 Å². The molecule has 1 atom stereocenters. The van der Waals surface area contributed by atoms with Crippen LogP contribution in [0, 0.1) is 0 Å². The van der Waals surface area contributed by atoms with E-state index in [2.05, 4.69) is 35.0 Å². The van der Waals surface area contributed by atoms with Crippen LogP contribution in [-0.2, 0) is 11.2 Å². The second kappa shape index (κ2) is 7.64. The fraction of sp³-hybridized carbons (Fsp3) is 0.190. The Bertz CT molecular complexity index is 779. The van der Waals surface area contributed by atoms with E-state index < -0.39 is 0 Å². The van der Waals surface area contributed by atoms with Gasteiger partial charge in [-0.3, -0.25) is 4.79 Å². The Balaban J connectivity index is 1.76. The highest BCUT2D eigenvalue weighted by atomic mass is 16.1. The molecule has 3 rings (SSSR count). The zero-order valence-electron chi connectivity index (χ0n) is 13.9. The Morgan fingerprint density at radius 3 is 2.46 bits per heavy atom. The molecule has 3 aromatic rings. The van der Waals surface area contributed by atoms with Crippen molar-refractivity contribution in [2.75, 3.05) is 5.32 Å². The molecule has 2 aromatic carbocycles. The molecular weight excluding hydrogens is 296 g/mol. The van der Waals surface area contributed by atoms with E-state index >= 15 is 0 Å². The predicted octanol–water partition coefficient (Wildman–Crippen LogP) is 4.67. The highest BCUT2D eigenvalue weighted by molar-refractivity contribution is 5.91. The maximum absolute atomic E-state index is 12.6. The Kier molecular flexibility index (Phi) is 5.12. The Labute approximate surface area is 143 Å². The number of hydrogen-bond donors (Lipinski definition) is 1. The van der Waals surface area contributed by atoms with E-state index in [-0.39, 0.29) is 11.9 Å². The van der Waals surface area contributed by atoms with Crippen molar-refractivity contribution in [1.82, 2.24) is 4.57 Å². The van der Waals surface area contributed by atoms with E-state index in [4.69, 9.17) is 0 Å². The highest BCUT2D eigenvalue weighted by Crippen LogP contribution is 2.23. The van der Waals surface area contributed by atoms with E-state index in [9.17, 15) is 4.79 Å². The van der Waals surface area contributed by atoms with Crippen LogP contribution in [0.25, 0.3) is 0 Å². The highest BCUT2D eigenvalue weighted by Gasteiger charge is 2.17. The molecule has 0 saturated heterocycles. The first-order valence-electron chi connectivity index (χ1n) is 8.32. The van der Waals surface area contributed by atoms with Gasteiger partial charge in [-0.15, -0.1) is 0 Å². The number of carbonyl (C=O) groups is 1. The van der Waals surface area contributed by atoms with Gasteiger partial charge in [-0.2, -0.15) is 0 Å². The molecule has 3 nitrogen and oxygen atoms in total. The summed E-state index contributed by atoms with van der Waals surface area (Å²) in [6.45, 7) is 2.11. The average molecular weight is 318 g/mol. The van der Waals surface area contributed by atoms with Crippen LogP contribution in [0.5, 0.6) is 0 Å². The maximum Gasteiger partial charge on any atom is 0.226 e. The first-order chi connectivity index (χ1) is 11.8. The Hall–Kier alpha value is -2.81. The number of hydrogen-bond acceptors (Lipinski definition) is 1. The molecule has 0 aliphatic rings. The minimum absolute atomic E-state index is 0.00411. The van der Waals surface area contributed by atoms with Crippen molar-refractivity contribution in [1.29, 1.82) is 0 Å². The van der Waals surface area contributed by atoms with Gasteiger partial charge in [0.25, 0.3) is 0 Å². The summed E-state index contributed by atoms with van der Waals surface area (Å²) >= 11 is 0. The minimum Gasteiger partial charge on any atom is -0.346 e. The first-order valence-corrected chi connectivity index (χ1v) is 8.32. The van der Waals surface area contributed by atoms with E-state index in [1.807, 2.05) is 60.9 Å². The number of anilines is 1. The van der Waals surface area contributed by atoms with Gasteiger partial charge in [-0.1, -0.05) is 49.4 Å². The molecule has 0 aliphatic carbocycles. The Morgan fingerprint density at radius 1 is 1.00 bits per heavy atom. The normalized spacial score (nSPS) is 11.9. The van der Waals surface area contributed by atoms with Crippen LogP contribution in [0.1, 0.15) is 30.5 Å². The number of rotatable bonds is 6. The smallest absolute Gasteiger partial charge is 0.226 e. The van der Waals surface area contributed by atoms with Gasteiger partial charge in [-0.05, 0) is 41.8 Å². The number of benzene rings is 2. The van der Waals surface area contributed by atoms with Crippen molar-refractivity contribution in [3.63, 3.8) is 0 Å². The van der Waals surface area contributed by atoms with Crippen LogP contribution in [0.15, 0.2) is 79.1 Å². The summed E-state index contributed by atoms with van der Waals surface area (Å²) in [5, 5.41) is 3.03. The second-order valence-electron chi connectivity index (χ2n) is 5.86. The fourth-order valence-electron chi connectivity index (χ4n) is 2.88. The van der Waals surface area contributed by atoms with Gasteiger partial charge >= 0.3 is 0 Å². The maximum atomic E-state index is 12.6. The number of nitrogens with one attached hydrogen (secondary N) is 1. The van der Waals surface area contributed by atoms with Crippen molar-refractivity contribution in [2.45, 2.75) is 25.8 Å². The summed E-state index contributed by atoms with van der Waals surface area (Å²) < 4.78 is 2.08. The van der Waals surface area contributed by atoms with Gasteiger partial charge in [0.05, 0.1) is 12.5 Å². The average Bonchev–Trinajstić information content (AvgIpc) is 3.15. The molecule has 1 heterocycles. The number of aryl methyl sites for hydroxylation is 1. The van der Waals surface area contributed by atoms with Crippen LogP contribution in [0.3, 0.4) is 0 Å². The Morgan fingerprint density at radius 2 is 1.75 bits per heavy atom. The summed E-state index contributed by atoms with van der Waals surface area (Å²) in [6.07, 6.45) is 5.36. The third kappa shape index (κ3) is 3.93. The standard InChI is InChI=1S/C21H22N2O/c1-2-17-9-8-12-19(15-17)22-21(24)16-20(23-13-6-7-14-23)18-10-4-3-5-11-18/h3-15,20H,2,16H2,1H3,(H,22,24)/t20-/m0/s1. The molecule has 0 radical (unpaired) electrons. The second-order valence-corrected chi connectivity index (χ2v) is 5.86. The molecule has 0 aliphatic heterocycles. The monoisotopic (exact) mass is 318 g/mol. The molecular formula is C21H22N2O. The van der Waals surface area contributed by atoms with Gasteiger partial charge in [0.15, 0.2) is 0 Å². The van der Waals surface area contributed by atoms with Gasteiger partial charge < -0.3 is 9.88 Å². The molecule has 24 heavy (non-hydrogen) atoms. The molecule has 1 N–H and O–H groups in total. The third-order valence-corrected chi connectivity index (χ3v) is 4.17. The zero-order valence-corrected chi connectivity index (χ0v) is 13.9. The molecule has 122 valence electrons. The van der Waals surface area contributed by atoms with Gasteiger partial charge in [0.1, 0.15) is 0 Å². The minimum atomic E-state index is -0.00411. The van der Waals surface area contributed by atoms with Gasteiger partial charge in [0, 0.05) is 18.1 Å². The lowest BCUT2D eigenvalue weighted by atomic mass is 10.0. The molecule has 0 unspecified atom stereocenters. The van der Waals surface area contributed by atoms with Crippen LogP contribution < -0.4 is 5.32 Å². The number of carbonyl (C=O) groups excluding carboxylic acids is 1. The molecule has 3 heteroatoms.